The summed E-state index contributed by atoms with van der Waals surface area (Å²) in [6.07, 6.45) is 15.7. The molecule has 0 bridgehead atoms. The van der Waals surface area contributed by atoms with Crippen LogP contribution in [-0.2, 0) is 24.2 Å². The van der Waals surface area contributed by atoms with Crippen molar-refractivity contribution in [1.29, 1.82) is 0 Å². The lowest BCUT2D eigenvalue weighted by molar-refractivity contribution is -0.106. The van der Waals surface area contributed by atoms with E-state index in [2.05, 4.69) is 144 Å². The van der Waals surface area contributed by atoms with Gasteiger partial charge in [0, 0.05) is 19.3 Å². The number of terminal acetylenes is 1. The number of amides is 1. The number of carbonyl (C=O) groups excluding carboxylic acids is 1. The van der Waals surface area contributed by atoms with E-state index in [0.29, 0.717) is 0 Å². The number of primary amides is 1. The van der Waals surface area contributed by atoms with Crippen LogP contribution in [0.1, 0.15) is 55.0 Å². The minimum Gasteiger partial charge on any atom is -0.372 e. The SMILES string of the molecule is C#C.C=C/C(C)=C(/C)N(C)/C(=C\Cc1ccccc1C)NCc1ccc(CCC)cc1.Cc1ccccc1.NC=O. The molecule has 0 unspecified atom stereocenters. The van der Waals surface area contributed by atoms with Crippen LogP contribution in [0.15, 0.2) is 115 Å². The van der Waals surface area contributed by atoms with Crippen LogP contribution < -0.4 is 11.1 Å². The van der Waals surface area contributed by atoms with Crippen LogP contribution in [-0.4, -0.2) is 18.4 Å². The largest absolute Gasteiger partial charge is 0.372 e. The van der Waals surface area contributed by atoms with Crippen LogP contribution in [0.25, 0.3) is 0 Å². The van der Waals surface area contributed by atoms with Crippen LogP contribution in [0.2, 0.25) is 0 Å². The first-order chi connectivity index (χ1) is 19.8. The van der Waals surface area contributed by atoms with E-state index in [1.54, 1.807) is 0 Å². The number of hydrogen-bond donors (Lipinski definition) is 2. The van der Waals surface area contributed by atoms with Gasteiger partial charge in [-0.2, -0.15) is 0 Å². The zero-order chi connectivity index (χ0) is 31.0. The summed E-state index contributed by atoms with van der Waals surface area (Å²) in [5, 5.41) is 3.66. The number of benzene rings is 3. The molecule has 0 aliphatic carbocycles. The maximum Gasteiger partial charge on any atom is 0.204 e. The zero-order valence-electron chi connectivity index (χ0n) is 25.9. The van der Waals surface area contributed by atoms with Crippen molar-refractivity contribution >= 4 is 6.41 Å². The van der Waals surface area contributed by atoms with Gasteiger partial charge in [0.05, 0.1) is 0 Å². The second kappa shape index (κ2) is 22.3. The molecule has 0 aliphatic heterocycles. The molecule has 3 rings (SSSR count). The van der Waals surface area contributed by atoms with Gasteiger partial charge in [-0.25, -0.2) is 0 Å². The first-order valence-corrected chi connectivity index (χ1v) is 13.9. The molecule has 4 nitrogen and oxygen atoms in total. The average molecular weight is 552 g/mol. The molecule has 0 aliphatic rings. The molecule has 3 N–H and O–H groups in total. The Morgan fingerprint density at radius 3 is 1.95 bits per heavy atom. The van der Waals surface area contributed by atoms with E-state index in [4.69, 9.17) is 4.79 Å². The summed E-state index contributed by atoms with van der Waals surface area (Å²) < 4.78 is 0. The van der Waals surface area contributed by atoms with E-state index in [1.165, 1.54) is 45.5 Å². The second-order valence-corrected chi connectivity index (χ2v) is 9.46. The lowest BCUT2D eigenvalue weighted by atomic mass is 10.1. The standard InChI is InChI=1S/C27H36N2.C7H8.C2H2.CH3NO/c1-7-11-24-14-16-25(17-15-24)20-28-27(29(6)23(5)21(3)8-2)19-18-26-13-10-9-12-22(26)4;1-7-5-3-2-4-6-7;1-2;2-1-3/h8-10,12-17,19,28H,2,7,11,18,20H2,1,3-6H3;2-6H,1H3;1-2H;1H,(H2,2,3)/b23-21-,27-19-;;;. The Bertz CT molecular complexity index is 1220. The molecule has 0 heterocycles. The van der Waals surface area contributed by atoms with E-state index >= 15 is 0 Å². The third-order valence-electron chi connectivity index (χ3n) is 6.49. The van der Waals surface area contributed by atoms with Gasteiger partial charge in [0.25, 0.3) is 0 Å². The van der Waals surface area contributed by atoms with Crippen molar-refractivity contribution in [3.63, 3.8) is 0 Å². The van der Waals surface area contributed by atoms with Gasteiger partial charge in [0.15, 0.2) is 0 Å². The number of hydrogen-bond acceptors (Lipinski definition) is 3. The molecule has 41 heavy (non-hydrogen) atoms. The second-order valence-electron chi connectivity index (χ2n) is 9.46. The Morgan fingerprint density at radius 2 is 1.46 bits per heavy atom. The molecule has 1 amide bonds. The first-order valence-electron chi connectivity index (χ1n) is 13.9. The summed E-state index contributed by atoms with van der Waals surface area (Å²) in [5.74, 6) is 1.12. The topological polar surface area (TPSA) is 58.4 Å². The minimum atomic E-state index is 0.250. The highest BCUT2D eigenvalue weighted by molar-refractivity contribution is 5.42. The van der Waals surface area contributed by atoms with Crippen LogP contribution >= 0.6 is 0 Å². The molecular weight excluding hydrogens is 502 g/mol. The Hall–Kier alpha value is -4.49. The van der Waals surface area contributed by atoms with Gasteiger partial charge in [-0.3, -0.25) is 4.79 Å². The molecule has 218 valence electrons. The minimum absolute atomic E-state index is 0.250. The molecule has 0 aromatic heterocycles. The van der Waals surface area contributed by atoms with Gasteiger partial charge in [0.2, 0.25) is 6.41 Å². The maximum atomic E-state index is 8.58. The fourth-order valence-corrected chi connectivity index (χ4v) is 3.81. The summed E-state index contributed by atoms with van der Waals surface area (Å²) in [7, 11) is 2.11. The maximum absolute atomic E-state index is 8.58. The predicted molar refractivity (Wildman–Crippen MR) is 178 cm³/mol. The lowest BCUT2D eigenvalue weighted by Gasteiger charge is -2.26. The van der Waals surface area contributed by atoms with Crippen molar-refractivity contribution < 1.29 is 4.79 Å². The molecule has 0 saturated carbocycles. The van der Waals surface area contributed by atoms with Crippen molar-refractivity contribution in [3.8, 4) is 12.8 Å². The molecule has 0 atom stereocenters. The number of allylic oxidation sites excluding steroid dienone is 4. The Labute approximate surface area is 249 Å². The van der Waals surface area contributed by atoms with E-state index in [9.17, 15) is 0 Å². The molecule has 0 fully saturated rings. The number of carbonyl (C=O) groups is 1. The van der Waals surface area contributed by atoms with Crippen LogP contribution in [0.4, 0.5) is 0 Å². The molecule has 3 aromatic rings. The molecule has 4 heteroatoms. The highest BCUT2D eigenvalue weighted by Gasteiger charge is 2.09. The number of nitrogens with one attached hydrogen (secondary N) is 1. The van der Waals surface area contributed by atoms with Crippen LogP contribution in [0, 0.1) is 26.7 Å². The molecule has 0 saturated heterocycles. The molecule has 0 spiro atoms. The van der Waals surface area contributed by atoms with E-state index < -0.39 is 0 Å². The third kappa shape index (κ3) is 15.0. The van der Waals surface area contributed by atoms with Gasteiger partial charge >= 0.3 is 0 Å². The number of rotatable bonds is 10. The number of nitrogens with two attached hydrogens (primary N) is 1. The fraction of sp³-hybridized carbons (Fsp3) is 0.270. The van der Waals surface area contributed by atoms with Gasteiger partial charge in [0.1, 0.15) is 5.82 Å². The van der Waals surface area contributed by atoms with E-state index in [-0.39, 0.29) is 6.41 Å². The van der Waals surface area contributed by atoms with Gasteiger partial charge in [-0.15, -0.1) is 12.8 Å². The Balaban J connectivity index is 0.00000111. The quantitative estimate of drug-likeness (QED) is 0.153. The van der Waals surface area contributed by atoms with E-state index in [0.717, 1.165) is 25.2 Å². The van der Waals surface area contributed by atoms with Gasteiger partial charge in [-0.05, 0) is 74.4 Å². The van der Waals surface area contributed by atoms with Crippen molar-refractivity contribution in [3.05, 3.63) is 143 Å². The number of aryl methyl sites for hydroxylation is 3. The third-order valence-corrected chi connectivity index (χ3v) is 6.49. The Kier molecular flexibility index (Phi) is 19.9. The molecular formula is C37H49N3O. The number of nitrogens with zero attached hydrogens (tertiary/aromatic N) is 1. The summed E-state index contributed by atoms with van der Waals surface area (Å²) in [6.45, 7) is 15.4. The van der Waals surface area contributed by atoms with Gasteiger partial charge < -0.3 is 16.0 Å². The van der Waals surface area contributed by atoms with Crippen molar-refractivity contribution in [2.75, 3.05) is 7.05 Å². The van der Waals surface area contributed by atoms with Crippen LogP contribution in [0.5, 0.6) is 0 Å². The summed E-state index contributed by atoms with van der Waals surface area (Å²) in [6, 6.07) is 27.8. The summed E-state index contributed by atoms with van der Waals surface area (Å²) >= 11 is 0. The Morgan fingerprint density at radius 1 is 0.927 bits per heavy atom. The predicted octanol–water partition coefficient (Wildman–Crippen LogP) is 7.88. The van der Waals surface area contributed by atoms with Crippen LogP contribution in [0.3, 0.4) is 0 Å². The molecule has 0 radical (unpaired) electrons. The first kappa shape index (κ1) is 36.5. The highest BCUT2D eigenvalue weighted by Crippen LogP contribution is 2.16. The normalized spacial score (nSPS) is 10.6. The highest BCUT2D eigenvalue weighted by atomic mass is 16.1. The average Bonchev–Trinajstić information content (AvgIpc) is 3.00. The van der Waals surface area contributed by atoms with Gasteiger partial charge in [-0.1, -0.05) is 110 Å². The smallest absolute Gasteiger partial charge is 0.204 e. The van der Waals surface area contributed by atoms with Crippen molar-refractivity contribution in [2.24, 2.45) is 5.73 Å². The van der Waals surface area contributed by atoms with E-state index in [1.807, 2.05) is 24.3 Å². The monoisotopic (exact) mass is 551 g/mol. The van der Waals surface area contributed by atoms with Crippen molar-refractivity contribution in [2.45, 2.75) is 60.4 Å². The summed E-state index contributed by atoms with van der Waals surface area (Å²) in [5.41, 5.74) is 13.2. The van der Waals surface area contributed by atoms with Crippen molar-refractivity contribution in [1.82, 2.24) is 10.2 Å². The lowest BCUT2D eigenvalue weighted by Crippen LogP contribution is -2.28. The fourth-order valence-electron chi connectivity index (χ4n) is 3.81. The zero-order valence-corrected chi connectivity index (χ0v) is 25.9. The molecule has 3 aromatic carbocycles. The summed E-state index contributed by atoms with van der Waals surface area (Å²) in [4.78, 5) is 10.8.